The number of esters is 1. The van der Waals surface area contributed by atoms with Crippen LogP contribution in [0.15, 0.2) is 42.5 Å². The number of rotatable bonds is 6. The van der Waals surface area contributed by atoms with Crippen LogP contribution in [0, 0.1) is 13.8 Å². The fourth-order valence-corrected chi connectivity index (χ4v) is 2.54. The lowest BCUT2D eigenvalue weighted by molar-refractivity contribution is -0.141. The average Bonchev–Trinajstić information content (AvgIpc) is 2.54. The molecule has 0 aromatic heterocycles. The molecule has 0 aliphatic rings. The van der Waals surface area contributed by atoms with Crippen LogP contribution in [-0.2, 0) is 16.1 Å². The number of aryl methyl sites for hydroxylation is 2. The van der Waals surface area contributed by atoms with Gasteiger partial charge in [0.25, 0.3) is 0 Å². The number of carbonyl (C=O) groups is 1. The van der Waals surface area contributed by atoms with Crippen LogP contribution in [0.3, 0.4) is 0 Å². The van der Waals surface area contributed by atoms with Gasteiger partial charge in [-0.15, -0.1) is 0 Å². The lowest BCUT2D eigenvalue weighted by Crippen LogP contribution is -2.16. The van der Waals surface area contributed by atoms with E-state index in [9.17, 15) is 4.79 Å². The molecule has 0 bridgehead atoms. The Hall–Kier alpha value is -2.33. The standard InChI is InChI=1S/C19H23NO3/c1-13-9-16(17(20)11-18(21)22-3)10-14(2)19(13)23-12-15-7-5-4-6-8-15/h4-10,17H,11-12,20H2,1-3H3/t17-/m1/s1. The quantitative estimate of drug-likeness (QED) is 0.830. The molecule has 23 heavy (non-hydrogen) atoms. The summed E-state index contributed by atoms with van der Waals surface area (Å²) in [4.78, 5) is 11.4. The Bertz CT molecular complexity index is 645. The molecule has 122 valence electrons. The topological polar surface area (TPSA) is 61.5 Å². The van der Waals surface area contributed by atoms with E-state index in [0.717, 1.165) is 28.0 Å². The van der Waals surface area contributed by atoms with Gasteiger partial charge in [0.1, 0.15) is 12.4 Å². The van der Waals surface area contributed by atoms with Crippen molar-refractivity contribution in [3.63, 3.8) is 0 Å². The molecule has 0 unspecified atom stereocenters. The first kappa shape index (κ1) is 17.0. The van der Waals surface area contributed by atoms with Crippen LogP contribution in [-0.4, -0.2) is 13.1 Å². The zero-order chi connectivity index (χ0) is 16.8. The SMILES string of the molecule is COC(=O)C[C@@H](N)c1cc(C)c(OCc2ccccc2)c(C)c1. The number of carbonyl (C=O) groups excluding carboxylic acids is 1. The fourth-order valence-electron chi connectivity index (χ4n) is 2.54. The first-order chi connectivity index (χ1) is 11.0. The Morgan fingerprint density at radius 3 is 2.30 bits per heavy atom. The van der Waals surface area contributed by atoms with Crippen LogP contribution in [0.5, 0.6) is 5.75 Å². The molecule has 0 amide bonds. The van der Waals surface area contributed by atoms with Crippen LogP contribution < -0.4 is 10.5 Å². The molecule has 1 atom stereocenters. The molecule has 0 aliphatic carbocycles. The zero-order valence-electron chi connectivity index (χ0n) is 13.8. The van der Waals surface area contributed by atoms with Crippen molar-refractivity contribution in [1.82, 2.24) is 0 Å². The molecule has 0 spiro atoms. The minimum absolute atomic E-state index is 0.166. The van der Waals surface area contributed by atoms with Crippen molar-refractivity contribution < 1.29 is 14.3 Å². The summed E-state index contributed by atoms with van der Waals surface area (Å²) in [7, 11) is 1.37. The monoisotopic (exact) mass is 313 g/mol. The molecule has 4 heteroatoms. The molecule has 0 radical (unpaired) electrons. The van der Waals surface area contributed by atoms with Gasteiger partial charge in [0.2, 0.25) is 0 Å². The summed E-state index contributed by atoms with van der Waals surface area (Å²) >= 11 is 0. The van der Waals surface area contributed by atoms with E-state index in [2.05, 4.69) is 4.74 Å². The van der Waals surface area contributed by atoms with Gasteiger partial charge in [-0.3, -0.25) is 4.79 Å². The highest BCUT2D eigenvalue weighted by Gasteiger charge is 2.15. The molecule has 0 heterocycles. The van der Waals surface area contributed by atoms with E-state index in [-0.39, 0.29) is 18.4 Å². The van der Waals surface area contributed by atoms with Gasteiger partial charge in [-0.25, -0.2) is 0 Å². The molecule has 4 nitrogen and oxygen atoms in total. The van der Waals surface area contributed by atoms with Gasteiger partial charge in [-0.2, -0.15) is 0 Å². The minimum Gasteiger partial charge on any atom is -0.488 e. The Morgan fingerprint density at radius 2 is 1.74 bits per heavy atom. The van der Waals surface area contributed by atoms with Gasteiger partial charge in [0.05, 0.1) is 13.5 Å². The van der Waals surface area contributed by atoms with Crippen molar-refractivity contribution in [2.45, 2.75) is 32.9 Å². The molecule has 0 saturated heterocycles. The maximum absolute atomic E-state index is 11.4. The second-order valence-corrected chi connectivity index (χ2v) is 5.64. The van der Waals surface area contributed by atoms with Crippen LogP contribution in [0.2, 0.25) is 0 Å². The van der Waals surface area contributed by atoms with Gasteiger partial charge in [0, 0.05) is 6.04 Å². The van der Waals surface area contributed by atoms with E-state index < -0.39 is 0 Å². The summed E-state index contributed by atoms with van der Waals surface area (Å²) in [5.74, 6) is 0.556. The predicted molar refractivity (Wildman–Crippen MR) is 90.3 cm³/mol. The third-order valence-corrected chi connectivity index (χ3v) is 3.75. The molecule has 2 rings (SSSR count). The van der Waals surface area contributed by atoms with Crippen molar-refractivity contribution in [2.75, 3.05) is 7.11 Å². The Labute approximate surface area is 137 Å². The lowest BCUT2D eigenvalue weighted by atomic mass is 9.99. The van der Waals surface area contributed by atoms with Crippen molar-refractivity contribution in [2.24, 2.45) is 5.73 Å². The Balaban J connectivity index is 2.12. The second kappa shape index (κ2) is 7.79. The molecule has 0 fully saturated rings. The number of benzene rings is 2. The van der Waals surface area contributed by atoms with Crippen LogP contribution in [0.4, 0.5) is 0 Å². The summed E-state index contributed by atoms with van der Waals surface area (Å²) in [5.41, 5.74) is 10.1. The Morgan fingerprint density at radius 1 is 1.13 bits per heavy atom. The van der Waals surface area contributed by atoms with E-state index in [0.29, 0.717) is 6.61 Å². The maximum Gasteiger partial charge on any atom is 0.307 e. The minimum atomic E-state index is -0.372. The smallest absolute Gasteiger partial charge is 0.307 e. The second-order valence-electron chi connectivity index (χ2n) is 5.64. The third-order valence-electron chi connectivity index (χ3n) is 3.75. The molecule has 2 aromatic carbocycles. The van der Waals surface area contributed by atoms with E-state index in [1.807, 2.05) is 56.3 Å². The van der Waals surface area contributed by atoms with Crippen molar-refractivity contribution in [3.8, 4) is 5.75 Å². The number of hydrogen-bond acceptors (Lipinski definition) is 4. The first-order valence-corrected chi connectivity index (χ1v) is 7.61. The number of ether oxygens (including phenoxy) is 2. The van der Waals surface area contributed by atoms with Crippen molar-refractivity contribution >= 4 is 5.97 Å². The highest BCUT2D eigenvalue weighted by molar-refractivity contribution is 5.70. The van der Waals surface area contributed by atoms with Gasteiger partial charge in [-0.1, -0.05) is 42.5 Å². The summed E-state index contributed by atoms with van der Waals surface area (Å²) in [6.45, 7) is 4.50. The number of nitrogens with two attached hydrogens (primary N) is 1. The normalized spacial score (nSPS) is 11.8. The zero-order valence-corrected chi connectivity index (χ0v) is 13.8. The van der Waals surface area contributed by atoms with E-state index in [1.54, 1.807) is 0 Å². The number of methoxy groups -OCH3 is 1. The van der Waals surface area contributed by atoms with Crippen LogP contribution in [0.25, 0.3) is 0 Å². The van der Waals surface area contributed by atoms with Gasteiger partial charge in [-0.05, 0) is 36.1 Å². The highest BCUT2D eigenvalue weighted by Crippen LogP contribution is 2.28. The Kier molecular flexibility index (Phi) is 5.77. The van der Waals surface area contributed by atoms with E-state index in [4.69, 9.17) is 10.5 Å². The summed E-state index contributed by atoms with van der Waals surface area (Å²) in [5, 5.41) is 0. The van der Waals surface area contributed by atoms with Crippen LogP contribution in [0.1, 0.15) is 34.7 Å². The van der Waals surface area contributed by atoms with Gasteiger partial charge < -0.3 is 15.2 Å². The first-order valence-electron chi connectivity index (χ1n) is 7.61. The maximum atomic E-state index is 11.4. The molecular formula is C19H23NO3. The van der Waals surface area contributed by atoms with E-state index in [1.165, 1.54) is 7.11 Å². The third kappa shape index (κ3) is 4.57. The predicted octanol–water partition coefficient (Wildman–Crippen LogP) is 3.45. The molecule has 2 N–H and O–H groups in total. The fraction of sp³-hybridized carbons (Fsp3) is 0.316. The van der Waals surface area contributed by atoms with Crippen molar-refractivity contribution in [1.29, 1.82) is 0 Å². The van der Waals surface area contributed by atoms with Gasteiger partial charge >= 0.3 is 5.97 Å². The average molecular weight is 313 g/mol. The molecule has 0 aliphatic heterocycles. The summed E-state index contributed by atoms with van der Waals surface area (Å²) < 4.78 is 10.6. The van der Waals surface area contributed by atoms with Gasteiger partial charge in [0.15, 0.2) is 0 Å². The van der Waals surface area contributed by atoms with Crippen molar-refractivity contribution in [3.05, 3.63) is 64.7 Å². The largest absolute Gasteiger partial charge is 0.488 e. The highest BCUT2D eigenvalue weighted by atomic mass is 16.5. The summed E-state index contributed by atoms with van der Waals surface area (Å²) in [6, 6.07) is 13.6. The number of hydrogen-bond donors (Lipinski definition) is 1. The molecule has 0 saturated carbocycles. The lowest BCUT2D eigenvalue weighted by Gasteiger charge is -2.17. The summed E-state index contributed by atoms with van der Waals surface area (Å²) in [6.07, 6.45) is 0.166. The van der Waals surface area contributed by atoms with E-state index >= 15 is 0 Å². The van der Waals surface area contributed by atoms with Crippen LogP contribution >= 0.6 is 0 Å². The molecular weight excluding hydrogens is 290 g/mol. The molecule has 2 aromatic rings.